The molecule has 0 saturated heterocycles. The van der Waals surface area contributed by atoms with Gasteiger partial charge in [-0.1, -0.05) is 41.6 Å². The molecule has 2 N–H and O–H groups in total. The predicted octanol–water partition coefficient (Wildman–Crippen LogP) is 5.95. The van der Waals surface area contributed by atoms with Crippen LogP contribution in [0.15, 0.2) is 64.4 Å². The summed E-state index contributed by atoms with van der Waals surface area (Å²) in [5, 5.41) is 13.5. The van der Waals surface area contributed by atoms with Crippen LogP contribution in [0.3, 0.4) is 0 Å². The van der Waals surface area contributed by atoms with E-state index in [2.05, 4.69) is 5.32 Å². The van der Waals surface area contributed by atoms with Crippen molar-refractivity contribution in [1.82, 2.24) is 5.32 Å². The second-order valence-corrected chi connectivity index (χ2v) is 9.09. The number of hydrogen-bond acceptors (Lipinski definition) is 3. The van der Waals surface area contributed by atoms with Crippen LogP contribution in [0.4, 0.5) is 0 Å². The summed E-state index contributed by atoms with van der Waals surface area (Å²) in [7, 11) is 0. The molecule has 3 nitrogen and oxygen atoms in total. The van der Waals surface area contributed by atoms with E-state index in [1.165, 1.54) is 0 Å². The third kappa shape index (κ3) is 8.51. The van der Waals surface area contributed by atoms with E-state index in [1.54, 1.807) is 31.7 Å². The third-order valence-corrected chi connectivity index (χ3v) is 5.54. The van der Waals surface area contributed by atoms with Crippen molar-refractivity contribution in [1.29, 1.82) is 0 Å². The minimum Gasteiger partial charge on any atom is -0.390 e. The van der Waals surface area contributed by atoms with E-state index in [0.717, 1.165) is 34.6 Å². The number of halogens is 1. The highest BCUT2D eigenvalue weighted by atomic mass is 35.5. The zero-order chi connectivity index (χ0) is 20.6. The number of aliphatic hydroxyl groups is 1. The largest absolute Gasteiger partial charge is 0.390 e. The van der Waals surface area contributed by atoms with Crippen LogP contribution in [0.25, 0.3) is 6.08 Å². The smallest absolute Gasteiger partial charge is 0.244 e. The Labute approximate surface area is 177 Å². The van der Waals surface area contributed by atoms with Crippen molar-refractivity contribution in [3.8, 4) is 0 Å². The molecule has 2 rings (SSSR count). The van der Waals surface area contributed by atoms with Gasteiger partial charge in [-0.15, -0.1) is 0 Å². The van der Waals surface area contributed by atoms with Gasteiger partial charge in [0.2, 0.25) is 5.91 Å². The first kappa shape index (κ1) is 22.5. The summed E-state index contributed by atoms with van der Waals surface area (Å²) in [5.41, 5.74) is 0.335. The fourth-order valence-corrected chi connectivity index (χ4v) is 3.76. The number of hydrogen-bond donors (Lipinski definition) is 2. The maximum absolute atomic E-state index is 12.2. The molecule has 28 heavy (non-hydrogen) atoms. The highest BCUT2D eigenvalue weighted by molar-refractivity contribution is 7.99. The molecule has 1 amide bonds. The van der Waals surface area contributed by atoms with Crippen LogP contribution in [0.2, 0.25) is 5.02 Å². The van der Waals surface area contributed by atoms with E-state index in [-0.39, 0.29) is 11.9 Å². The zero-order valence-electron chi connectivity index (χ0n) is 16.6. The summed E-state index contributed by atoms with van der Waals surface area (Å²) in [6.07, 6.45) is 5.85. The predicted molar refractivity (Wildman–Crippen MR) is 119 cm³/mol. The summed E-state index contributed by atoms with van der Waals surface area (Å²) in [6.45, 7) is 5.59. The summed E-state index contributed by atoms with van der Waals surface area (Å²) in [5.74, 6) is -0.109. The molecule has 0 aromatic heterocycles. The van der Waals surface area contributed by atoms with Gasteiger partial charge < -0.3 is 10.4 Å². The maximum Gasteiger partial charge on any atom is 0.244 e. The van der Waals surface area contributed by atoms with Crippen LogP contribution in [-0.2, 0) is 4.79 Å². The highest BCUT2D eigenvalue weighted by Gasteiger charge is 2.13. The first-order valence-corrected chi connectivity index (χ1v) is 10.7. The molecule has 0 spiro atoms. The van der Waals surface area contributed by atoms with E-state index in [0.29, 0.717) is 5.02 Å². The average molecular weight is 418 g/mol. The third-order valence-electron chi connectivity index (χ3n) is 4.19. The van der Waals surface area contributed by atoms with Crippen molar-refractivity contribution in [2.24, 2.45) is 0 Å². The van der Waals surface area contributed by atoms with E-state index in [1.807, 2.05) is 61.5 Å². The number of nitrogens with one attached hydrogen (secondary N) is 1. The Kier molecular flexibility index (Phi) is 8.61. The van der Waals surface area contributed by atoms with Gasteiger partial charge in [0.05, 0.1) is 5.60 Å². The summed E-state index contributed by atoms with van der Waals surface area (Å²) < 4.78 is 0. The maximum atomic E-state index is 12.2. The second kappa shape index (κ2) is 10.7. The van der Waals surface area contributed by atoms with Crippen LogP contribution in [-0.4, -0.2) is 22.7 Å². The SMILES string of the molecule is CC(CCCC(C)(C)O)NC(=O)/C=C/c1ccccc1Sc1ccc(Cl)cc1. The molecule has 5 heteroatoms. The van der Waals surface area contributed by atoms with Gasteiger partial charge in [0.25, 0.3) is 0 Å². The molecule has 0 radical (unpaired) electrons. The molecule has 0 aliphatic carbocycles. The number of benzene rings is 2. The number of amides is 1. The van der Waals surface area contributed by atoms with Crippen LogP contribution in [0, 0.1) is 0 Å². The van der Waals surface area contributed by atoms with Crippen LogP contribution < -0.4 is 5.32 Å². The van der Waals surface area contributed by atoms with Crippen molar-refractivity contribution in [2.75, 3.05) is 0 Å². The Bertz CT molecular complexity index is 797. The van der Waals surface area contributed by atoms with Gasteiger partial charge in [-0.2, -0.15) is 0 Å². The van der Waals surface area contributed by atoms with Gasteiger partial charge in [-0.3, -0.25) is 4.79 Å². The molecule has 2 aromatic carbocycles. The van der Waals surface area contributed by atoms with E-state index in [4.69, 9.17) is 11.6 Å². The van der Waals surface area contributed by atoms with Crippen molar-refractivity contribution in [3.63, 3.8) is 0 Å². The van der Waals surface area contributed by atoms with Gasteiger partial charge in [0, 0.05) is 26.9 Å². The Hall–Kier alpha value is -1.75. The first-order chi connectivity index (χ1) is 13.2. The molecule has 0 aliphatic heterocycles. The average Bonchev–Trinajstić information content (AvgIpc) is 2.62. The molecule has 0 fully saturated rings. The van der Waals surface area contributed by atoms with Crippen molar-refractivity contribution in [3.05, 3.63) is 65.2 Å². The normalized spacial score (nSPS) is 12.9. The van der Waals surface area contributed by atoms with Gasteiger partial charge in [-0.05, 0) is 82.0 Å². The summed E-state index contributed by atoms with van der Waals surface area (Å²) in [4.78, 5) is 14.4. The van der Waals surface area contributed by atoms with Crippen LogP contribution >= 0.6 is 23.4 Å². The molecular weight excluding hydrogens is 390 g/mol. The lowest BCUT2D eigenvalue weighted by Gasteiger charge is -2.18. The molecule has 1 unspecified atom stereocenters. The number of carbonyl (C=O) groups excluding carboxylic acids is 1. The van der Waals surface area contributed by atoms with Crippen LogP contribution in [0.1, 0.15) is 45.6 Å². The Morgan fingerprint density at radius 1 is 1.21 bits per heavy atom. The number of rotatable bonds is 9. The standard InChI is InChI=1S/C23H28ClNO2S/c1-17(7-6-16-23(2,3)27)25-22(26)15-10-18-8-4-5-9-21(18)28-20-13-11-19(24)12-14-20/h4-5,8-15,17,27H,6-7,16H2,1-3H3,(H,25,26)/b15-10+. The lowest BCUT2D eigenvalue weighted by Crippen LogP contribution is -2.31. The van der Waals surface area contributed by atoms with Crippen molar-refractivity contribution >= 4 is 35.3 Å². The second-order valence-electron chi connectivity index (χ2n) is 7.54. The Morgan fingerprint density at radius 3 is 2.57 bits per heavy atom. The van der Waals surface area contributed by atoms with Gasteiger partial charge in [0.15, 0.2) is 0 Å². The van der Waals surface area contributed by atoms with E-state index in [9.17, 15) is 9.90 Å². The topological polar surface area (TPSA) is 49.3 Å². The molecule has 0 aliphatic rings. The summed E-state index contributed by atoms with van der Waals surface area (Å²) >= 11 is 7.59. The monoisotopic (exact) mass is 417 g/mol. The van der Waals surface area contributed by atoms with E-state index >= 15 is 0 Å². The van der Waals surface area contributed by atoms with E-state index < -0.39 is 5.60 Å². The van der Waals surface area contributed by atoms with Crippen LogP contribution in [0.5, 0.6) is 0 Å². The Balaban J connectivity index is 1.92. The Morgan fingerprint density at radius 2 is 1.89 bits per heavy atom. The van der Waals surface area contributed by atoms with Crippen molar-refractivity contribution in [2.45, 2.75) is 61.5 Å². The first-order valence-electron chi connectivity index (χ1n) is 9.46. The zero-order valence-corrected chi connectivity index (χ0v) is 18.2. The highest BCUT2D eigenvalue weighted by Crippen LogP contribution is 2.31. The molecule has 2 aromatic rings. The van der Waals surface area contributed by atoms with Gasteiger partial charge in [-0.25, -0.2) is 0 Å². The molecule has 1 atom stereocenters. The molecule has 0 heterocycles. The molecule has 0 bridgehead atoms. The summed E-state index contributed by atoms with van der Waals surface area (Å²) in [6, 6.07) is 15.8. The lowest BCUT2D eigenvalue weighted by atomic mass is 10.00. The molecular formula is C23H28ClNO2S. The minimum absolute atomic E-state index is 0.0678. The minimum atomic E-state index is -0.658. The molecule has 0 saturated carbocycles. The van der Waals surface area contributed by atoms with Gasteiger partial charge >= 0.3 is 0 Å². The number of carbonyl (C=O) groups is 1. The fourth-order valence-electron chi connectivity index (χ4n) is 2.71. The fraction of sp³-hybridized carbons (Fsp3) is 0.348. The lowest BCUT2D eigenvalue weighted by molar-refractivity contribution is -0.117. The molecule has 150 valence electrons. The quantitative estimate of drug-likeness (QED) is 0.495. The van der Waals surface area contributed by atoms with Gasteiger partial charge in [0.1, 0.15) is 0 Å². The van der Waals surface area contributed by atoms with Crippen molar-refractivity contribution < 1.29 is 9.90 Å².